The Bertz CT molecular complexity index is 867. The zero-order valence-electron chi connectivity index (χ0n) is 13.8. The lowest BCUT2D eigenvalue weighted by Gasteiger charge is -2.11. The number of hydrogen-bond donors (Lipinski definition) is 1. The average Bonchev–Trinajstić information content (AvgIpc) is 2.60. The van der Waals surface area contributed by atoms with E-state index < -0.39 is 15.7 Å². The van der Waals surface area contributed by atoms with Crippen LogP contribution in [0, 0.1) is 0 Å². The van der Waals surface area contributed by atoms with E-state index in [-0.39, 0.29) is 17.1 Å². The minimum absolute atomic E-state index is 0.0924. The zero-order chi connectivity index (χ0) is 18.4. The third kappa shape index (κ3) is 5.11. The summed E-state index contributed by atoms with van der Waals surface area (Å²) in [6.45, 7) is 0. The summed E-state index contributed by atoms with van der Waals surface area (Å²) in [6.07, 6.45) is -0.190. The maximum Gasteiger partial charge on any atom is 0.225 e. The highest BCUT2D eigenvalue weighted by Crippen LogP contribution is 2.29. The summed E-state index contributed by atoms with van der Waals surface area (Å²) in [6, 6.07) is 10.9. The molecule has 0 unspecified atom stereocenters. The second-order valence-electron chi connectivity index (χ2n) is 5.14. The normalized spacial score (nSPS) is 11.0. The molecule has 2 rings (SSSR count). The first kappa shape index (κ1) is 19.1. The minimum atomic E-state index is -3.59. The van der Waals surface area contributed by atoms with Crippen molar-refractivity contribution >= 4 is 33.0 Å². The van der Waals surface area contributed by atoms with Crippen molar-refractivity contribution in [3.63, 3.8) is 0 Å². The molecule has 0 aliphatic heterocycles. The monoisotopic (exact) mass is 383 g/mol. The maximum atomic E-state index is 12.3. The van der Waals surface area contributed by atoms with E-state index in [9.17, 15) is 13.2 Å². The van der Waals surface area contributed by atoms with Gasteiger partial charge in [-0.2, -0.15) is 0 Å². The van der Waals surface area contributed by atoms with Crippen LogP contribution in [0.1, 0.15) is 6.42 Å². The Morgan fingerprint density at radius 3 is 2.52 bits per heavy atom. The molecule has 0 radical (unpaired) electrons. The fraction of sp³-hybridized carbons (Fsp3) is 0.235. The summed E-state index contributed by atoms with van der Waals surface area (Å²) in [4.78, 5) is 12.2. The highest BCUT2D eigenvalue weighted by atomic mass is 35.5. The number of benzene rings is 2. The number of carbonyl (C=O) groups is 1. The van der Waals surface area contributed by atoms with Gasteiger partial charge in [-0.05, 0) is 30.3 Å². The molecule has 0 fully saturated rings. The molecule has 0 atom stereocenters. The van der Waals surface area contributed by atoms with E-state index >= 15 is 0 Å². The predicted octanol–water partition coefficient (Wildman–Crippen LogP) is 3.16. The van der Waals surface area contributed by atoms with Gasteiger partial charge in [0.15, 0.2) is 9.84 Å². The number of ether oxygens (including phenoxy) is 2. The summed E-state index contributed by atoms with van der Waals surface area (Å²) in [5.74, 6) is 0.246. The van der Waals surface area contributed by atoms with Gasteiger partial charge in [-0.1, -0.05) is 17.7 Å². The van der Waals surface area contributed by atoms with Crippen molar-refractivity contribution in [1.82, 2.24) is 0 Å². The number of hydrogen-bond acceptors (Lipinski definition) is 5. The van der Waals surface area contributed by atoms with Crippen LogP contribution in [-0.2, 0) is 14.6 Å². The molecule has 0 saturated carbocycles. The molecular weight excluding hydrogens is 366 g/mol. The Kier molecular flexibility index (Phi) is 6.27. The van der Waals surface area contributed by atoms with Crippen molar-refractivity contribution in [1.29, 1.82) is 0 Å². The topological polar surface area (TPSA) is 81.7 Å². The van der Waals surface area contributed by atoms with Gasteiger partial charge in [-0.3, -0.25) is 4.79 Å². The Balaban J connectivity index is 2.03. The van der Waals surface area contributed by atoms with Crippen molar-refractivity contribution < 1.29 is 22.7 Å². The van der Waals surface area contributed by atoms with Crippen LogP contribution in [0.2, 0.25) is 5.02 Å². The van der Waals surface area contributed by atoms with Gasteiger partial charge in [0.1, 0.15) is 11.5 Å². The van der Waals surface area contributed by atoms with Gasteiger partial charge < -0.3 is 14.8 Å². The molecule has 6 nitrogen and oxygen atoms in total. The Morgan fingerprint density at radius 2 is 1.88 bits per heavy atom. The SMILES string of the molecule is COc1ccc(NC(=O)CCS(=O)(=O)c2cccc(Cl)c2)c(OC)c1. The summed E-state index contributed by atoms with van der Waals surface area (Å²) < 4.78 is 34.8. The van der Waals surface area contributed by atoms with Crippen molar-refractivity contribution in [3.05, 3.63) is 47.5 Å². The van der Waals surface area contributed by atoms with Gasteiger partial charge >= 0.3 is 0 Å². The molecule has 0 aliphatic carbocycles. The van der Waals surface area contributed by atoms with Gasteiger partial charge in [-0.25, -0.2) is 8.42 Å². The van der Waals surface area contributed by atoms with Crippen molar-refractivity contribution in [3.8, 4) is 11.5 Å². The number of carbonyl (C=O) groups excluding carboxylic acids is 1. The van der Waals surface area contributed by atoms with Gasteiger partial charge in [0.05, 0.1) is 30.6 Å². The number of rotatable bonds is 7. The van der Waals surface area contributed by atoms with Gasteiger partial charge in [0.25, 0.3) is 0 Å². The van der Waals surface area contributed by atoms with Crippen LogP contribution in [0.3, 0.4) is 0 Å². The number of methoxy groups -OCH3 is 2. The van der Waals surface area contributed by atoms with Gasteiger partial charge in [0, 0.05) is 17.5 Å². The molecule has 0 aliphatic rings. The highest BCUT2D eigenvalue weighted by molar-refractivity contribution is 7.91. The van der Waals surface area contributed by atoms with E-state index in [1.54, 1.807) is 30.3 Å². The molecule has 0 bridgehead atoms. The highest BCUT2D eigenvalue weighted by Gasteiger charge is 2.17. The third-order valence-electron chi connectivity index (χ3n) is 3.44. The van der Waals surface area contributed by atoms with E-state index in [1.807, 2.05) is 0 Å². The quantitative estimate of drug-likeness (QED) is 0.794. The lowest BCUT2D eigenvalue weighted by atomic mass is 10.2. The van der Waals surface area contributed by atoms with Crippen LogP contribution in [0.4, 0.5) is 5.69 Å². The van der Waals surface area contributed by atoms with E-state index in [0.717, 1.165) is 0 Å². The van der Waals surface area contributed by atoms with E-state index in [2.05, 4.69) is 5.32 Å². The summed E-state index contributed by atoms with van der Waals surface area (Å²) in [7, 11) is -0.605. The lowest BCUT2D eigenvalue weighted by Crippen LogP contribution is -2.17. The first-order valence-electron chi connectivity index (χ1n) is 7.36. The molecule has 2 aromatic rings. The molecule has 134 valence electrons. The summed E-state index contributed by atoms with van der Waals surface area (Å²) >= 11 is 5.81. The van der Waals surface area contributed by atoms with Crippen LogP contribution in [0.5, 0.6) is 11.5 Å². The second kappa shape index (κ2) is 8.22. The minimum Gasteiger partial charge on any atom is -0.497 e. The number of halogens is 1. The summed E-state index contributed by atoms with van der Waals surface area (Å²) in [5.41, 5.74) is 0.438. The number of sulfone groups is 1. The number of anilines is 1. The molecule has 0 saturated heterocycles. The fourth-order valence-corrected chi connectivity index (χ4v) is 3.66. The Labute approximate surface area is 151 Å². The first-order chi connectivity index (χ1) is 11.9. The zero-order valence-corrected chi connectivity index (χ0v) is 15.4. The number of amides is 1. The molecule has 0 spiro atoms. The van der Waals surface area contributed by atoms with Crippen LogP contribution in [-0.4, -0.2) is 34.3 Å². The van der Waals surface area contributed by atoms with Gasteiger partial charge in [0.2, 0.25) is 5.91 Å². The molecule has 8 heteroatoms. The second-order valence-corrected chi connectivity index (χ2v) is 7.69. The van der Waals surface area contributed by atoms with Crippen molar-refractivity contribution in [2.24, 2.45) is 0 Å². The Hall–Kier alpha value is -2.25. The molecular formula is C17H18ClNO5S. The smallest absolute Gasteiger partial charge is 0.225 e. The standard InChI is InChI=1S/C17H18ClNO5S/c1-23-13-6-7-15(16(11-13)24-2)19-17(20)8-9-25(21,22)14-5-3-4-12(18)10-14/h3-7,10-11H,8-9H2,1-2H3,(H,19,20). The van der Waals surface area contributed by atoms with E-state index in [4.69, 9.17) is 21.1 Å². The third-order valence-corrected chi connectivity index (χ3v) is 5.38. The van der Waals surface area contributed by atoms with Gasteiger partial charge in [-0.15, -0.1) is 0 Å². The van der Waals surface area contributed by atoms with E-state index in [1.165, 1.54) is 26.4 Å². The molecule has 25 heavy (non-hydrogen) atoms. The van der Waals surface area contributed by atoms with Crippen LogP contribution in [0.25, 0.3) is 0 Å². The lowest BCUT2D eigenvalue weighted by molar-refractivity contribution is -0.115. The molecule has 2 aromatic carbocycles. The average molecular weight is 384 g/mol. The maximum absolute atomic E-state index is 12.3. The summed E-state index contributed by atoms with van der Waals surface area (Å²) in [5, 5.41) is 2.97. The van der Waals surface area contributed by atoms with Crippen molar-refractivity contribution in [2.75, 3.05) is 25.3 Å². The Morgan fingerprint density at radius 1 is 1.12 bits per heavy atom. The molecule has 1 N–H and O–H groups in total. The largest absolute Gasteiger partial charge is 0.497 e. The van der Waals surface area contributed by atoms with E-state index in [0.29, 0.717) is 22.2 Å². The van der Waals surface area contributed by atoms with Crippen LogP contribution in [0.15, 0.2) is 47.4 Å². The van der Waals surface area contributed by atoms with Crippen molar-refractivity contribution in [2.45, 2.75) is 11.3 Å². The molecule has 0 heterocycles. The fourth-order valence-electron chi connectivity index (χ4n) is 2.12. The molecule has 0 aromatic heterocycles. The molecule has 1 amide bonds. The van der Waals surface area contributed by atoms with Crippen LogP contribution < -0.4 is 14.8 Å². The first-order valence-corrected chi connectivity index (χ1v) is 9.39. The predicted molar refractivity (Wildman–Crippen MR) is 96.3 cm³/mol. The number of nitrogens with one attached hydrogen (secondary N) is 1. The van der Waals surface area contributed by atoms with Crippen LogP contribution >= 0.6 is 11.6 Å².